The third kappa shape index (κ3) is 2.68. The van der Waals surface area contributed by atoms with E-state index < -0.39 is 0 Å². The quantitative estimate of drug-likeness (QED) is 0.561. The number of benzene rings is 2. The molecule has 2 aromatic rings. The number of hydrogen-bond acceptors (Lipinski definition) is 2. The summed E-state index contributed by atoms with van der Waals surface area (Å²) in [6.45, 7) is 2.15. The first-order valence-corrected chi connectivity index (χ1v) is 6.02. The van der Waals surface area contributed by atoms with Gasteiger partial charge in [-0.05, 0) is 47.5 Å². The molecule has 84 valence electrons. The van der Waals surface area contributed by atoms with Crippen LogP contribution in [0, 0.1) is 0 Å². The van der Waals surface area contributed by atoms with E-state index in [2.05, 4.69) is 65.7 Å². The fourth-order valence-corrected chi connectivity index (χ4v) is 2.00. The van der Waals surface area contributed by atoms with E-state index >= 15 is 0 Å². The van der Waals surface area contributed by atoms with E-state index in [1.165, 1.54) is 16.7 Å². The van der Waals surface area contributed by atoms with Crippen molar-refractivity contribution in [3.8, 4) is 11.1 Å². The van der Waals surface area contributed by atoms with Gasteiger partial charge in [0.25, 0.3) is 0 Å². The molecule has 17 heavy (non-hydrogen) atoms. The summed E-state index contributed by atoms with van der Waals surface area (Å²) in [4.78, 5) is 4.01. The second-order valence-corrected chi connectivity index (χ2v) is 3.95. The zero-order valence-corrected chi connectivity index (χ0v) is 10.5. The van der Waals surface area contributed by atoms with Crippen molar-refractivity contribution in [1.29, 1.82) is 0 Å². The highest BCUT2D eigenvalue weighted by Gasteiger charge is 2.04. The lowest BCUT2D eigenvalue weighted by Gasteiger charge is -2.08. The number of hydrogen-bond donors (Lipinski definition) is 0. The fourth-order valence-electron chi connectivity index (χ4n) is 1.89. The van der Waals surface area contributed by atoms with Crippen LogP contribution < -0.4 is 0 Å². The van der Waals surface area contributed by atoms with Crippen LogP contribution in [0.4, 0.5) is 5.69 Å². The summed E-state index contributed by atoms with van der Waals surface area (Å²) in [5, 5.41) is 2.40. The van der Waals surface area contributed by atoms with Crippen LogP contribution in [0.15, 0.2) is 53.5 Å². The molecule has 2 rings (SSSR count). The molecule has 0 unspecified atom stereocenters. The Morgan fingerprint density at radius 3 is 2.53 bits per heavy atom. The largest absolute Gasteiger partial charge is 0.195 e. The van der Waals surface area contributed by atoms with Crippen molar-refractivity contribution in [2.45, 2.75) is 13.3 Å². The molecule has 0 aliphatic heterocycles. The number of rotatable bonds is 3. The SMILES string of the molecule is CCc1cc(N=C=S)ccc1-c1ccccc1. The molecular weight excluding hydrogens is 226 g/mol. The lowest BCUT2D eigenvalue weighted by Crippen LogP contribution is -1.87. The van der Waals surface area contributed by atoms with Crippen LogP contribution >= 0.6 is 12.2 Å². The van der Waals surface area contributed by atoms with Gasteiger partial charge in [0.05, 0.1) is 10.8 Å². The minimum absolute atomic E-state index is 0.872. The molecule has 0 bridgehead atoms. The molecule has 0 N–H and O–H groups in total. The van der Waals surface area contributed by atoms with Crippen molar-refractivity contribution in [3.63, 3.8) is 0 Å². The molecule has 2 aromatic carbocycles. The second-order valence-electron chi connectivity index (χ2n) is 3.76. The van der Waals surface area contributed by atoms with Gasteiger partial charge in [-0.2, -0.15) is 4.99 Å². The average molecular weight is 239 g/mol. The minimum atomic E-state index is 0.872. The lowest BCUT2D eigenvalue weighted by molar-refractivity contribution is 1.14. The molecule has 0 saturated heterocycles. The Morgan fingerprint density at radius 2 is 1.88 bits per heavy atom. The van der Waals surface area contributed by atoms with Crippen LogP contribution in [0.3, 0.4) is 0 Å². The zero-order chi connectivity index (χ0) is 12.1. The monoisotopic (exact) mass is 239 g/mol. The predicted octanol–water partition coefficient (Wildman–Crippen LogP) is 4.65. The number of thiocarbonyl (C=S) groups is 1. The molecule has 0 aliphatic carbocycles. The molecule has 0 radical (unpaired) electrons. The summed E-state index contributed by atoms with van der Waals surface area (Å²) in [7, 11) is 0. The Hall–Kier alpha value is -1.76. The third-order valence-electron chi connectivity index (χ3n) is 2.73. The van der Waals surface area contributed by atoms with Gasteiger partial charge in [-0.3, -0.25) is 0 Å². The summed E-state index contributed by atoms with van der Waals surface area (Å²) in [6, 6.07) is 16.5. The molecule has 0 atom stereocenters. The maximum absolute atomic E-state index is 4.62. The van der Waals surface area contributed by atoms with Gasteiger partial charge >= 0.3 is 0 Å². The average Bonchev–Trinajstić information content (AvgIpc) is 2.40. The van der Waals surface area contributed by atoms with Gasteiger partial charge in [-0.1, -0.05) is 43.3 Å². The lowest BCUT2D eigenvalue weighted by atomic mass is 9.97. The molecule has 0 amide bonds. The van der Waals surface area contributed by atoms with E-state index in [1.807, 2.05) is 12.1 Å². The van der Waals surface area contributed by atoms with Crippen molar-refractivity contribution < 1.29 is 0 Å². The van der Waals surface area contributed by atoms with Crippen LogP contribution in [0.25, 0.3) is 11.1 Å². The number of nitrogens with zero attached hydrogens (tertiary/aromatic N) is 1. The van der Waals surface area contributed by atoms with Crippen LogP contribution in [0.2, 0.25) is 0 Å². The van der Waals surface area contributed by atoms with Gasteiger partial charge in [-0.25, -0.2) is 0 Å². The van der Waals surface area contributed by atoms with E-state index in [0.29, 0.717) is 0 Å². The third-order valence-corrected chi connectivity index (χ3v) is 2.82. The smallest absolute Gasteiger partial charge is 0.0742 e. The highest BCUT2D eigenvalue weighted by molar-refractivity contribution is 7.78. The molecule has 0 aromatic heterocycles. The van der Waals surface area contributed by atoms with Crippen molar-refractivity contribution in [2.75, 3.05) is 0 Å². The van der Waals surface area contributed by atoms with Crippen molar-refractivity contribution in [1.82, 2.24) is 0 Å². The van der Waals surface area contributed by atoms with Crippen LogP contribution in [-0.4, -0.2) is 5.16 Å². The minimum Gasteiger partial charge on any atom is -0.195 e. The molecule has 1 nitrogen and oxygen atoms in total. The highest BCUT2D eigenvalue weighted by Crippen LogP contribution is 2.27. The molecule has 2 heteroatoms. The molecule has 0 fully saturated rings. The van der Waals surface area contributed by atoms with Crippen molar-refractivity contribution >= 4 is 23.1 Å². The normalized spacial score (nSPS) is 9.71. The predicted molar refractivity (Wildman–Crippen MR) is 75.9 cm³/mol. The second kappa shape index (κ2) is 5.53. The topological polar surface area (TPSA) is 12.4 Å². The first-order valence-electron chi connectivity index (χ1n) is 5.61. The highest BCUT2D eigenvalue weighted by atomic mass is 32.1. The maximum Gasteiger partial charge on any atom is 0.0742 e. The summed E-state index contributed by atoms with van der Waals surface area (Å²) in [5.41, 5.74) is 4.65. The molecule has 0 aliphatic rings. The van der Waals surface area contributed by atoms with E-state index in [-0.39, 0.29) is 0 Å². The van der Waals surface area contributed by atoms with Gasteiger partial charge in [0.15, 0.2) is 0 Å². The Kier molecular flexibility index (Phi) is 3.81. The molecule has 0 saturated carbocycles. The molecule has 0 heterocycles. The first-order chi connectivity index (χ1) is 8.35. The van der Waals surface area contributed by atoms with Crippen LogP contribution in [-0.2, 0) is 6.42 Å². The first kappa shape index (κ1) is 11.7. The molecular formula is C15H13NS. The van der Waals surface area contributed by atoms with Crippen molar-refractivity contribution in [2.24, 2.45) is 4.99 Å². The Morgan fingerprint density at radius 1 is 1.12 bits per heavy atom. The van der Waals surface area contributed by atoms with Crippen molar-refractivity contribution in [3.05, 3.63) is 54.1 Å². The zero-order valence-electron chi connectivity index (χ0n) is 9.68. The van der Waals surface area contributed by atoms with Gasteiger partial charge < -0.3 is 0 Å². The number of aryl methyl sites for hydroxylation is 1. The Labute approximate surface area is 107 Å². The number of aliphatic imine (C=N–C) groups is 1. The standard InChI is InChI=1S/C15H13NS/c1-2-12-10-14(16-11-17)8-9-15(12)13-6-4-3-5-7-13/h3-10H,2H2,1H3. The van der Waals surface area contributed by atoms with Crippen LogP contribution in [0.1, 0.15) is 12.5 Å². The van der Waals surface area contributed by atoms with Gasteiger partial charge in [0.2, 0.25) is 0 Å². The van der Waals surface area contributed by atoms with Gasteiger partial charge in [0, 0.05) is 0 Å². The fraction of sp³-hybridized carbons (Fsp3) is 0.133. The van der Waals surface area contributed by atoms with Crippen LogP contribution in [0.5, 0.6) is 0 Å². The Bertz CT molecular complexity index is 554. The number of isothiocyanates is 1. The molecule has 0 spiro atoms. The summed E-state index contributed by atoms with van der Waals surface area (Å²) >= 11 is 4.62. The van der Waals surface area contributed by atoms with E-state index in [0.717, 1.165) is 12.1 Å². The van der Waals surface area contributed by atoms with E-state index in [4.69, 9.17) is 0 Å². The summed E-state index contributed by atoms with van der Waals surface area (Å²) < 4.78 is 0. The van der Waals surface area contributed by atoms with E-state index in [9.17, 15) is 0 Å². The maximum atomic E-state index is 4.62. The van der Waals surface area contributed by atoms with E-state index in [1.54, 1.807) is 0 Å². The van der Waals surface area contributed by atoms with Gasteiger partial charge in [0.1, 0.15) is 0 Å². The van der Waals surface area contributed by atoms with Gasteiger partial charge in [-0.15, -0.1) is 0 Å². The summed E-state index contributed by atoms with van der Waals surface area (Å²) in [5.74, 6) is 0. The summed E-state index contributed by atoms with van der Waals surface area (Å²) in [6.07, 6.45) is 0.977. The Balaban J connectivity index is 2.52.